The van der Waals surface area contributed by atoms with Crippen molar-refractivity contribution in [3.8, 4) is 5.75 Å². The molecule has 7 heteroatoms. The van der Waals surface area contributed by atoms with Crippen molar-refractivity contribution in [2.45, 2.75) is 13.5 Å². The van der Waals surface area contributed by atoms with Crippen LogP contribution in [-0.2, 0) is 16.1 Å². The maximum Gasteiger partial charge on any atom is 0.413 e. The van der Waals surface area contributed by atoms with Crippen molar-refractivity contribution in [3.05, 3.63) is 48.0 Å². The maximum atomic E-state index is 11.7. The molecule has 0 saturated heterocycles. The van der Waals surface area contributed by atoms with Crippen LogP contribution >= 0.6 is 0 Å². The zero-order valence-electron chi connectivity index (χ0n) is 14.7. The Bertz CT molecular complexity index is 805. The van der Waals surface area contributed by atoms with Crippen LogP contribution in [0.25, 0.3) is 0 Å². The van der Waals surface area contributed by atoms with E-state index in [0.717, 1.165) is 16.9 Å². The lowest BCUT2D eigenvalue weighted by Crippen LogP contribution is -2.26. The van der Waals surface area contributed by atoms with Crippen LogP contribution in [0.1, 0.15) is 12.5 Å². The first-order valence-corrected chi connectivity index (χ1v) is 8.37. The van der Waals surface area contributed by atoms with Gasteiger partial charge in [0.05, 0.1) is 12.3 Å². The molecule has 1 aliphatic rings. The zero-order chi connectivity index (χ0) is 18.5. The van der Waals surface area contributed by atoms with Crippen molar-refractivity contribution in [1.82, 2.24) is 0 Å². The van der Waals surface area contributed by atoms with Crippen LogP contribution < -0.4 is 20.3 Å². The number of carbonyl (C=O) groups is 2. The van der Waals surface area contributed by atoms with Gasteiger partial charge in [0.15, 0.2) is 6.61 Å². The third-order valence-corrected chi connectivity index (χ3v) is 3.97. The number of ether oxygens (including phenoxy) is 2. The molecule has 0 fully saturated rings. The summed E-state index contributed by atoms with van der Waals surface area (Å²) in [6.07, 6.45) is -0.383. The van der Waals surface area contributed by atoms with E-state index in [1.54, 1.807) is 14.0 Å². The highest BCUT2D eigenvalue weighted by atomic mass is 16.6. The minimum absolute atomic E-state index is 0.0528. The number of benzene rings is 2. The molecule has 0 aromatic heterocycles. The van der Waals surface area contributed by atoms with Crippen molar-refractivity contribution < 1.29 is 19.1 Å². The fourth-order valence-corrected chi connectivity index (χ4v) is 2.57. The summed E-state index contributed by atoms with van der Waals surface area (Å²) in [4.78, 5) is 24.6. The van der Waals surface area contributed by atoms with Gasteiger partial charge >= 0.3 is 6.09 Å². The van der Waals surface area contributed by atoms with Gasteiger partial charge in [-0.25, -0.2) is 4.79 Å². The van der Waals surface area contributed by atoms with E-state index in [4.69, 9.17) is 9.47 Å². The molecule has 0 spiro atoms. The first-order valence-electron chi connectivity index (χ1n) is 8.37. The number of rotatable bonds is 5. The van der Waals surface area contributed by atoms with Gasteiger partial charge in [0.25, 0.3) is 5.91 Å². The fraction of sp³-hybridized carbons (Fsp3) is 0.263. The molecule has 1 aliphatic heterocycles. The number of carbonyl (C=O) groups excluding carboxylic acids is 2. The summed E-state index contributed by atoms with van der Waals surface area (Å²) < 4.78 is 10.3. The van der Waals surface area contributed by atoms with Gasteiger partial charge in [-0.3, -0.25) is 9.69 Å². The number of fused-ring (bicyclic) bond motifs is 1. The number of amides is 2. The lowest BCUT2D eigenvalue weighted by Gasteiger charge is -2.19. The predicted molar refractivity (Wildman–Crippen MR) is 99.8 cm³/mol. The molecule has 2 aromatic rings. The van der Waals surface area contributed by atoms with Crippen molar-refractivity contribution in [3.63, 3.8) is 0 Å². The number of hydrogen-bond donors (Lipinski definition) is 2. The highest BCUT2D eigenvalue weighted by Crippen LogP contribution is 2.28. The van der Waals surface area contributed by atoms with Gasteiger partial charge in [0, 0.05) is 25.0 Å². The van der Waals surface area contributed by atoms with Crippen LogP contribution in [0.15, 0.2) is 42.5 Å². The molecule has 0 aliphatic carbocycles. The van der Waals surface area contributed by atoms with E-state index in [1.807, 2.05) is 42.5 Å². The maximum absolute atomic E-state index is 11.7. The van der Waals surface area contributed by atoms with Crippen molar-refractivity contribution in [1.29, 1.82) is 0 Å². The highest BCUT2D eigenvalue weighted by molar-refractivity contribution is 5.95. The Morgan fingerprint density at radius 1 is 1.27 bits per heavy atom. The molecular formula is C19H21N3O4. The topological polar surface area (TPSA) is 79.9 Å². The number of hydrogen-bond acceptors (Lipinski definition) is 5. The molecule has 2 N–H and O–H groups in total. The Balaban J connectivity index is 1.61. The standard InChI is InChI=1S/C19H21N3O4/c1-3-25-19(24)22(2)15-7-5-14(6-8-15)20-11-13-4-9-17-16(10-13)21-18(23)12-26-17/h4-10,20H,3,11-12H2,1-2H3,(H,21,23). The van der Waals surface area contributed by atoms with Crippen molar-refractivity contribution >= 4 is 29.1 Å². The Kier molecular flexibility index (Phi) is 5.26. The van der Waals surface area contributed by atoms with E-state index in [-0.39, 0.29) is 18.6 Å². The molecule has 0 unspecified atom stereocenters. The van der Waals surface area contributed by atoms with Gasteiger partial charge in [-0.2, -0.15) is 0 Å². The van der Waals surface area contributed by atoms with Crippen LogP contribution in [0.4, 0.5) is 21.9 Å². The smallest absolute Gasteiger partial charge is 0.413 e. The van der Waals surface area contributed by atoms with Crippen molar-refractivity contribution in [2.24, 2.45) is 0 Å². The zero-order valence-corrected chi connectivity index (χ0v) is 14.7. The molecule has 136 valence electrons. The predicted octanol–water partition coefficient (Wildman–Crippen LogP) is 3.22. The van der Waals surface area contributed by atoms with Gasteiger partial charge in [-0.1, -0.05) is 6.07 Å². The van der Waals surface area contributed by atoms with E-state index >= 15 is 0 Å². The molecule has 3 rings (SSSR count). The average Bonchev–Trinajstić information content (AvgIpc) is 2.66. The van der Waals surface area contributed by atoms with Gasteiger partial charge in [-0.15, -0.1) is 0 Å². The lowest BCUT2D eigenvalue weighted by molar-refractivity contribution is -0.118. The molecule has 2 aromatic carbocycles. The summed E-state index contributed by atoms with van der Waals surface area (Å²) in [5.41, 5.74) is 3.38. The Hall–Kier alpha value is -3.22. The molecule has 2 amide bonds. The summed E-state index contributed by atoms with van der Waals surface area (Å²) in [6.45, 7) is 2.76. The summed E-state index contributed by atoms with van der Waals surface area (Å²) in [6, 6.07) is 13.2. The summed E-state index contributed by atoms with van der Waals surface area (Å²) >= 11 is 0. The van der Waals surface area contributed by atoms with Crippen LogP contribution in [-0.4, -0.2) is 32.3 Å². The summed E-state index contributed by atoms with van der Waals surface area (Å²) in [7, 11) is 1.67. The van der Waals surface area contributed by atoms with Gasteiger partial charge < -0.3 is 20.1 Å². The van der Waals surface area contributed by atoms with Crippen LogP contribution in [0.5, 0.6) is 5.75 Å². The quantitative estimate of drug-likeness (QED) is 0.861. The SMILES string of the molecule is CCOC(=O)N(C)c1ccc(NCc2ccc3c(c2)NC(=O)CO3)cc1. The minimum atomic E-state index is -0.383. The van der Waals surface area contributed by atoms with Crippen molar-refractivity contribution in [2.75, 3.05) is 35.8 Å². The average molecular weight is 355 g/mol. The fourth-order valence-electron chi connectivity index (χ4n) is 2.57. The van der Waals surface area contributed by atoms with E-state index < -0.39 is 0 Å². The Labute approximate surface area is 151 Å². The molecule has 7 nitrogen and oxygen atoms in total. The second kappa shape index (κ2) is 7.77. The van der Waals surface area contributed by atoms with Gasteiger partial charge in [-0.05, 0) is 48.9 Å². The molecule has 1 heterocycles. The second-order valence-electron chi connectivity index (χ2n) is 5.83. The number of nitrogens with zero attached hydrogens (tertiary/aromatic N) is 1. The van der Waals surface area contributed by atoms with E-state index in [0.29, 0.717) is 24.6 Å². The normalized spacial score (nSPS) is 12.5. The highest BCUT2D eigenvalue weighted by Gasteiger charge is 2.16. The van der Waals surface area contributed by atoms with Gasteiger partial charge in [0.1, 0.15) is 5.75 Å². The van der Waals surface area contributed by atoms with E-state index in [2.05, 4.69) is 10.6 Å². The third-order valence-electron chi connectivity index (χ3n) is 3.97. The van der Waals surface area contributed by atoms with E-state index in [1.165, 1.54) is 4.90 Å². The first kappa shape index (κ1) is 17.6. The van der Waals surface area contributed by atoms with Crippen LogP contribution in [0, 0.1) is 0 Å². The number of nitrogens with one attached hydrogen (secondary N) is 2. The minimum Gasteiger partial charge on any atom is -0.482 e. The molecule has 0 radical (unpaired) electrons. The van der Waals surface area contributed by atoms with Gasteiger partial charge in [0.2, 0.25) is 0 Å². The molecule has 0 atom stereocenters. The van der Waals surface area contributed by atoms with E-state index in [9.17, 15) is 9.59 Å². The summed E-state index contributed by atoms with van der Waals surface area (Å²) in [5.74, 6) is 0.531. The molecular weight excluding hydrogens is 334 g/mol. The largest absolute Gasteiger partial charge is 0.482 e. The lowest BCUT2D eigenvalue weighted by atomic mass is 10.1. The van der Waals surface area contributed by atoms with Crippen LogP contribution in [0.2, 0.25) is 0 Å². The number of anilines is 3. The monoisotopic (exact) mass is 355 g/mol. The Morgan fingerprint density at radius 2 is 2.04 bits per heavy atom. The first-order chi connectivity index (χ1) is 12.6. The third kappa shape index (κ3) is 4.05. The second-order valence-corrected chi connectivity index (χ2v) is 5.83. The van der Waals surface area contributed by atoms with Crippen LogP contribution in [0.3, 0.4) is 0 Å². The molecule has 0 bridgehead atoms. The molecule has 26 heavy (non-hydrogen) atoms. The molecule has 0 saturated carbocycles. The summed E-state index contributed by atoms with van der Waals surface area (Å²) in [5, 5.41) is 6.11. The Morgan fingerprint density at radius 3 is 2.77 bits per heavy atom.